The van der Waals surface area contributed by atoms with Crippen molar-refractivity contribution in [1.29, 1.82) is 5.26 Å². The summed E-state index contributed by atoms with van der Waals surface area (Å²) in [5, 5.41) is 20.7. The molecule has 0 atom stereocenters. The second-order valence-corrected chi connectivity index (χ2v) is 6.37. The monoisotopic (exact) mass is 444 g/mol. The first kappa shape index (κ1) is 21.0. The van der Waals surface area contributed by atoms with Crippen LogP contribution < -0.4 is 14.8 Å². The molecule has 0 aliphatic carbocycles. The second-order valence-electron chi connectivity index (χ2n) is 5.45. The van der Waals surface area contributed by atoms with Crippen molar-refractivity contribution in [3.8, 4) is 17.6 Å². The third-order valence-corrected chi connectivity index (χ3v) is 3.93. The number of hydrogen-bond acceptors (Lipinski definition) is 5. The Morgan fingerprint density at radius 3 is 2.50 bits per heavy atom. The van der Waals surface area contributed by atoms with Crippen LogP contribution in [0.25, 0.3) is 6.08 Å². The highest BCUT2D eigenvalue weighted by Crippen LogP contribution is 2.29. The average molecular weight is 445 g/mol. The van der Waals surface area contributed by atoms with Crippen molar-refractivity contribution in [1.82, 2.24) is 0 Å². The van der Waals surface area contributed by atoms with E-state index in [1.807, 2.05) is 6.07 Å². The number of rotatable bonds is 8. The molecule has 144 valence electrons. The highest BCUT2D eigenvalue weighted by atomic mass is 79.9. The highest BCUT2D eigenvalue weighted by molar-refractivity contribution is 9.10. The largest absolute Gasteiger partial charge is 0.490 e. The van der Waals surface area contributed by atoms with Crippen LogP contribution in [0.3, 0.4) is 0 Å². The number of amides is 1. The smallest absolute Gasteiger partial charge is 0.341 e. The number of ether oxygens (including phenoxy) is 2. The summed E-state index contributed by atoms with van der Waals surface area (Å²) in [6.45, 7) is 1.61. The highest BCUT2D eigenvalue weighted by Gasteiger charge is 2.12. The lowest BCUT2D eigenvalue weighted by Gasteiger charge is -2.11. The molecule has 0 radical (unpaired) electrons. The number of halogens is 1. The van der Waals surface area contributed by atoms with Crippen LogP contribution in [0, 0.1) is 11.3 Å². The van der Waals surface area contributed by atoms with Crippen molar-refractivity contribution in [2.75, 3.05) is 18.5 Å². The first-order valence-electron chi connectivity index (χ1n) is 8.23. The summed E-state index contributed by atoms with van der Waals surface area (Å²) >= 11 is 3.31. The van der Waals surface area contributed by atoms with Gasteiger partial charge in [-0.2, -0.15) is 5.26 Å². The maximum Gasteiger partial charge on any atom is 0.341 e. The number of nitrogens with one attached hydrogen (secondary N) is 1. The molecule has 0 spiro atoms. The van der Waals surface area contributed by atoms with Gasteiger partial charge in [0.05, 0.1) is 6.61 Å². The molecule has 0 saturated heterocycles. The van der Waals surface area contributed by atoms with Gasteiger partial charge in [-0.1, -0.05) is 22.0 Å². The van der Waals surface area contributed by atoms with E-state index in [1.165, 1.54) is 12.1 Å². The summed E-state index contributed by atoms with van der Waals surface area (Å²) in [4.78, 5) is 23.0. The number of anilines is 1. The molecule has 0 bridgehead atoms. The lowest BCUT2D eigenvalue weighted by atomic mass is 10.1. The molecule has 0 unspecified atom stereocenters. The van der Waals surface area contributed by atoms with Gasteiger partial charge in [-0.3, -0.25) is 4.79 Å². The van der Waals surface area contributed by atoms with E-state index in [-0.39, 0.29) is 11.3 Å². The Labute approximate surface area is 170 Å². The standard InChI is InChI=1S/C20H17BrN2O5/c1-2-27-18-10-13(3-8-17(18)28-12-19(24)25)9-14(11-22)20(26)23-16-6-4-15(21)5-7-16/h3-10H,2,12H2,1H3,(H,23,26)(H,24,25)/b14-9-. The normalized spacial score (nSPS) is 10.7. The number of nitrogens with zero attached hydrogens (tertiary/aromatic N) is 1. The fraction of sp³-hybridized carbons (Fsp3) is 0.150. The number of carbonyl (C=O) groups is 2. The summed E-state index contributed by atoms with van der Waals surface area (Å²) in [6.07, 6.45) is 1.41. The van der Waals surface area contributed by atoms with Crippen molar-refractivity contribution < 1.29 is 24.2 Å². The molecule has 28 heavy (non-hydrogen) atoms. The van der Waals surface area contributed by atoms with Gasteiger partial charge in [0.1, 0.15) is 11.6 Å². The van der Waals surface area contributed by atoms with E-state index in [0.29, 0.717) is 23.6 Å². The zero-order chi connectivity index (χ0) is 20.5. The Morgan fingerprint density at radius 1 is 1.18 bits per heavy atom. The number of hydrogen-bond donors (Lipinski definition) is 2. The minimum atomic E-state index is -1.11. The molecule has 7 nitrogen and oxygen atoms in total. The molecule has 2 aromatic rings. The molecule has 2 N–H and O–H groups in total. The van der Waals surface area contributed by atoms with E-state index >= 15 is 0 Å². The average Bonchev–Trinajstić information content (AvgIpc) is 2.67. The number of nitriles is 1. The molecule has 0 heterocycles. The van der Waals surface area contributed by atoms with E-state index in [0.717, 1.165) is 4.47 Å². The minimum absolute atomic E-state index is 0.0930. The zero-order valence-corrected chi connectivity index (χ0v) is 16.5. The molecule has 0 aliphatic rings. The molecule has 2 rings (SSSR count). The number of carboxylic acids is 1. The van der Waals surface area contributed by atoms with Gasteiger partial charge in [-0.05, 0) is 55.0 Å². The van der Waals surface area contributed by atoms with E-state index < -0.39 is 18.5 Å². The molecule has 8 heteroatoms. The van der Waals surface area contributed by atoms with Gasteiger partial charge < -0.3 is 19.9 Å². The van der Waals surface area contributed by atoms with Gasteiger partial charge in [0.15, 0.2) is 18.1 Å². The molecule has 0 aliphatic heterocycles. The lowest BCUT2D eigenvalue weighted by molar-refractivity contribution is -0.139. The Morgan fingerprint density at radius 2 is 1.89 bits per heavy atom. The molecular formula is C20H17BrN2O5. The fourth-order valence-corrected chi connectivity index (χ4v) is 2.45. The van der Waals surface area contributed by atoms with Crippen molar-refractivity contribution >= 4 is 39.6 Å². The van der Waals surface area contributed by atoms with Crippen LogP contribution in [-0.2, 0) is 9.59 Å². The molecule has 0 fully saturated rings. The van der Waals surface area contributed by atoms with E-state index in [9.17, 15) is 14.9 Å². The summed E-state index contributed by atoms with van der Waals surface area (Å²) in [5.41, 5.74) is 1.000. The van der Waals surface area contributed by atoms with Crippen molar-refractivity contribution in [2.24, 2.45) is 0 Å². The number of carbonyl (C=O) groups excluding carboxylic acids is 1. The van der Waals surface area contributed by atoms with Crippen LogP contribution in [-0.4, -0.2) is 30.2 Å². The number of carboxylic acid groups (broad SMARTS) is 1. The van der Waals surface area contributed by atoms with Crippen LogP contribution in [0.5, 0.6) is 11.5 Å². The van der Waals surface area contributed by atoms with Crippen LogP contribution >= 0.6 is 15.9 Å². The molecular weight excluding hydrogens is 428 g/mol. The summed E-state index contributed by atoms with van der Waals surface area (Å²) in [7, 11) is 0. The van der Waals surface area contributed by atoms with Crippen LogP contribution in [0.2, 0.25) is 0 Å². The fourth-order valence-electron chi connectivity index (χ4n) is 2.19. The van der Waals surface area contributed by atoms with Crippen LogP contribution in [0.1, 0.15) is 12.5 Å². The second kappa shape index (κ2) is 10.1. The maximum absolute atomic E-state index is 12.4. The van der Waals surface area contributed by atoms with Gasteiger partial charge in [-0.15, -0.1) is 0 Å². The van der Waals surface area contributed by atoms with Gasteiger partial charge >= 0.3 is 5.97 Å². The topological polar surface area (TPSA) is 109 Å². The van der Waals surface area contributed by atoms with Gasteiger partial charge in [0.2, 0.25) is 0 Å². The Kier molecular flexibility index (Phi) is 7.60. The van der Waals surface area contributed by atoms with Gasteiger partial charge in [-0.25, -0.2) is 4.79 Å². The molecule has 0 saturated carbocycles. The van der Waals surface area contributed by atoms with E-state index in [2.05, 4.69) is 21.2 Å². The Bertz CT molecular complexity index is 933. The minimum Gasteiger partial charge on any atom is -0.490 e. The van der Waals surface area contributed by atoms with Crippen LogP contribution in [0.15, 0.2) is 52.5 Å². The van der Waals surface area contributed by atoms with Crippen molar-refractivity contribution in [3.05, 3.63) is 58.1 Å². The predicted molar refractivity (Wildman–Crippen MR) is 107 cm³/mol. The molecule has 0 aromatic heterocycles. The SMILES string of the molecule is CCOc1cc(/C=C(/C#N)C(=O)Nc2ccc(Br)cc2)ccc1OCC(=O)O. The number of aliphatic carboxylic acids is 1. The first-order chi connectivity index (χ1) is 13.4. The third-order valence-electron chi connectivity index (χ3n) is 3.40. The van der Waals surface area contributed by atoms with Crippen LogP contribution in [0.4, 0.5) is 5.69 Å². The molecule has 1 amide bonds. The first-order valence-corrected chi connectivity index (χ1v) is 9.02. The quantitative estimate of drug-likeness (QED) is 0.472. The lowest BCUT2D eigenvalue weighted by Crippen LogP contribution is -2.13. The van der Waals surface area contributed by atoms with Crippen molar-refractivity contribution in [3.63, 3.8) is 0 Å². The van der Waals surface area contributed by atoms with E-state index in [1.54, 1.807) is 43.3 Å². The Balaban J connectivity index is 2.23. The zero-order valence-electron chi connectivity index (χ0n) is 14.9. The summed E-state index contributed by atoms with van der Waals surface area (Å²) in [5.74, 6) is -1.07. The number of benzene rings is 2. The van der Waals surface area contributed by atoms with E-state index in [4.69, 9.17) is 14.6 Å². The molecule has 2 aromatic carbocycles. The van der Waals surface area contributed by atoms with Crippen molar-refractivity contribution in [2.45, 2.75) is 6.92 Å². The van der Waals surface area contributed by atoms with Gasteiger partial charge in [0, 0.05) is 10.2 Å². The predicted octanol–water partition coefficient (Wildman–Crippen LogP) is 3.86. The summed E-state index contributed by atoms with van der Waals surface area (Å²) in [6, 6.07) is 13.5. The van der Waals surface area contributed by atoms with Gasteiger partial charge in [0.25, 0.3) is 5.91 Å². The Hall–Kier alpha value is -3.31. The summed E-state index contributed by atoms with van der Waals surface area (Å²) < 4.78 is 11.5. The third kappa shape index (κ3) is 6.14. The maximum atomic E-state index is 12.4.